The second-order valence-corrected chi connectivity index (χ2v) is 5.64. The molecule has 0 saturated heterocycles. The molecule has 24 heavy (non-hydrogen) atoms. The molecule has 6 heteroatoms. The lowest BCUT2D eigenvalue weighted by Gasteiger charge is -2.10. The molecule has 0 amide bonds. The summed E-state index contributed by atoms with van der Waals surface area (Å²) >= 11 is 1.34. The van der Waals surface area contributed by atoms with Crippen LogP contribution in [0.3, 0.4) is 0 Å². The third kappa shape index (κ3) is 3.23. The van der Waals surface area contributed by atoms with Gasteiger partial charge in [0.15, 0.2) is 17.2 Å². The summed E-state index contributed by atoms with van der Waals surface area (Å²) in [7, 11) is 3.14. The zero-order chi connectivity index (χ0) is 16.9. The summed E-state index contributed by atoms with van der Waals surface area (Å²) in [4.78, 5) is 16.6. The van der Waals surface area contributed by atoms with E-state index in [0.717, 1.165) is 5.56 Å². The van der Waals surface area contributed by atoms with Gasteiger partial charge in [0.2, 0.25) is 0 Å². The number of hydrogen-bond acceptors (Lipinski definition) is 6. The standard InChI is InChI=1S/C18H15NO4S/c1-21-15-10-6-9-13(16(15)22-2)17-19-14(11-24-17)18(20)23-12-7-4-3-5-8-12/h3-11H,1-2H3. The lowest BCUT2D eigenvalue weighted by molar-refractivity contribution is 0.0729. The van der Waals surface area contributed by atoms with Crippen molar-refractivity contribution >= 4 is 17.3 Å². The van der Waals surface area contributed by atoms with Crippen LogP contribution in [-0.2, 0) is 0 Å². The molecule has 3 rings (SSSR count). The van der Waals surface area contributed by atoms with Gasteiger partial charge in [-0.3, -0.25) is 0 Å². The highest BCUT2D eigenvalue weighted by Gasteiger charge is 2.18. The molecule has 0 unspecified atom stereocenters. The van der Waals surface area contributed by atoms with Crippen molar-refractivity contribution < 1.29 is 19.0 Å². The van der Waals surface area contributed by atoms with Crippen LogP contribution in [0.5, 0.6) is 17.2 Å². The van der Waals surface area contributed by atoms with Gasteiger partial charge in [-0.05, 0) is 24.3 Å². The average molecular weight is 341 g/mol. The Morgan fingerprint density at radius 2 is 1.79 bits per heavy atom. The van der Waals surface area contributed by atoms with Crippen molar-refractivity contribution in [1.29, 1.82) is 0 Å². The first-order chi connectivity index (χ1) is 11.7. The lowest BCUT2D eigenvalue weighted by atomic mass is 10.2. The third-order valence-corrected chi connectivity index (χ3v) is 4.18. The van der Waals surface area contributed by atoms with Gasteiger partial charge in [0, 0.05) is 5.38 Å². The first-order valence-corrected chi connectivity index (χ1v) is 8.05. The van der Waals surface area contributed by atoms with Gasteiger partial charge in [-0.2, -0.15) is 0 Å². The number of carbonyl (C=O) groups is 1. The van der Waals surface area contributed by atoms with E-state index >= 15 is 0 Å². The van der Waals surface area contributed by atoms with E-state index in [1.54, 1.807) is 49.9 Å². The minimum Gasteiger partial charge on any atom is -0.493 e. The van der Waals surface area contributed by atoms with Crippen molar-refractivity contribution in [3.05, 3.63) is 59.6 Å². The molecule has 1 aromatic heterocycles. The number of hydrogen-bond donors (Lipinski definition) is 0. The van der Waals surface area contributed by atoms with Crippen molar-refractivity contribution in [2.24, 2.45) is 0 Å². The molecular formula is C18H15NO4S. The topological polar surface area (TPSA) is 57.7 Å². The molecule has 0 radical (unpaired) electrons. The van der Waals surface area contributed by atoms with Gasteiger partial charge in [-0.1, -0.05) is 24.3 Å². The summed E-state index contributed by atoms with van der Waals surface area (Å²) < 4.78 is 16.0. The highest BCUT2D eigenvalue weighted by Crippen LogP contribution is 2.39. The Morgan fingerprint density at radius 1 is 1.00 bits per heavy atom. The maximum atomic E-state index is 12.2. The number of nitrogens with zero attached hydrogens (tertiary/aromatic N) is 1. The molecule has 0 aliphatic carbocycles. The molecule has 0 fully saturated rings. The Labute approximate surface area is 143 Å². The summed E-state index contributed by atoms with van der Waals surface area (Å²) in [6.45, 7) is 0. The molecule has 1 heterocycles. The molecule has 0 N–H and O–H groups in total. The number of ether oxygens (including phenoxy) is 3. The van der Waals surface area contributed by atoms with Crippen LogP contribution in [-0.4, -0.2) is 25.2 Å². The summed E-state index contributed by atoms with van der Waals surface area (Å²) in [5.41, 5.74) is 1.02. The Morgan fingerprint density at radius 3 is 2.50 bits per heavy atom. The van der Waals surface area contributed by atoms with Crippen LogP contribution < -0.4 is 14.2 Å². The monoisotopic (exact) mass is 341 g/mol. The normalized spacial score (nSPS) is 10.2. The number of rotatable bonds is 5. The van der Waals surface area contributed by atoms with Gasteiger partial charge in [0.25, 0.3) is 0 Å². The quantitative estimate of drug-likeness (QED) is 0.518. The second-order valence-electron chi connectivity index (χ2n) is 4.78. The van der Waals surface area contributed by atoms with Crippen LogP contribution in [0.15, 0.2) is 53.9 Å². The molecule has 0 spiro atoms. The van der Waals surface area contributed by atoms with Crippen LogP contribution in [0, 0.1) is 0 Å². The van der Waals surface area contributed by atoms with Crippen molar-refractivity contribution in [2.45, 2.75) is 0 Å². The maximum Gasteiger partial charge on any atom is 0.363 e. The SMILES string of the molecule is COc1cccc(-c2nc(C(=O)Oc3ccccc3)cs2)c1OC. The number of thiazole rings is 1. The van der Waals surface area contributed by atoms with E-state index in [9.17, 15) is 4.79 Å². The zero-order valence-electron chi connectivity index (χ0n) is 13.2. The van der Waals surface area contributed by atoms with Crippen molar-refractivity contribution in [2.75, 3.05) is 14.2 Å². The minimum absolute atomic E-state index is 0.253. The van der Waals surface area contributed by atoms with Gasteiger partial charge in [0.1, 0.15) is 10.8 Å². The highest BCUT2D eigenvalue weighted by atomic mass is 32.1. The molecule has 122 valence electrons. The van der Waals surface area contributed by atoms with Gasteiger partial charge < -0.3 is 14.2 Å². The van der Waals surface area contributed by atoms with Crippen molar-refractivity contribution in [3.63, 3.8) is 0 Å². The maximum absolute atomic E-state index is 12.2. The Hall–Kier alpha value is -2.86. The first-order valence-electron chi connectivity index (χ1n) is 7.17. The van der Waals surface area contributed by atoms with Crippen LogP contribution >= 0.6 is 11.3 Å². The van der Waals surface area contributed by atoms with E-state index in [1.807, 2.05) is 18.2 Å². The van der Waals surface area contributed by atoms with E-state index in [1.165, 1.54) is 11.3 Å². The smallest absolute Gasteiger partial charge is 0.363 e. The Balaban J connectivity index is 1.87. The average Bonchev–Trinajstić information content (AvgIpc) is 3.12. The number of aromatic nitrogens is 1. The predicted octanol–water partition coefficient (Wildman–Crippen LogP) is 4.05. The summed E-state index contributed by atoms with van der Waals surface area (Å²) in [6.07, 6.45) is 0. The van der Waals surface area contributed by atoms with Crippen molar-refractivity contribution in [1.82, 2.24) is 4.98 Å². The first kappa shape index (κ1) is 16.0. The van der Waals surface area contributed by atoms with Crippen LogP contribution in [0.2, 0.25) is 0 Å². The van der Waals surface area contributed by atoms with Crippen LogP contribution in [0.4, 0.5) is 0 Å². The molecule has 2 aromatic carbocycles. The van der Waals surface area contributed by atoms with E-state index in [4.69, 9.17) is 14.2 Å². The fourth-order valence-corrected chi connectivity index (χ4v) is 3.01. The van der Waals surface area contributed by atoms with Crippen LogP contribution in [0.1, 0.15) is 10.5 Å². The van der Waals surface area contributed by atoms with Gasteiger partial charge >= 0.3 is 5.97 Å². The molecule has 0 saturated carbocycles. The Bertz CT molecular complexity index is 845. The molecule has 3 aromatic rings. The molecule has 0 bridgehead atoms. The summed E-state index contributed by atoms with van der Waals surface area (Å²) in [5, 5.41) is 2.32. The van der Waals surface area contributed by atoms with Gasteiger partial charge in [-0.25, -0.2) is 9.78 Å². The van der Waals surface area contributed by atoms with Gasteiger partial charge in [0.05, 0.1) is 19.8 Å². The fourth-order valence-electron chi connectivity index (χ4n) is 2.19. The fraction of sp³-hybridized carbons (Fsp3) is 0.111. The molecule has 0 aliphatic rings. The molecule has 0 atom stereocenters. The zero-order valence-corrected chi connectivity index (χ0v) is 14.0. The van der Waals surface area contributed by atoms with Crippen LogP contribution in [0.25, 0.3) is 10.6 Å². The third-order valence-electron chi connectivity index (χ3n) is 3.30. The highest BCUT2D eigenvalue weighted by molar-refractivity contribution is 7.13. The molecule has 5 nitrogen and oxygen atoms in total. The van der Waals surface area contributed by atoms with Crippen molar-refractivity contribution in [3.8, 4) is 27.8 Å². The summed E-state index contributed by atoms with van der Waals surface area (Å²) in [5.74, 6) is 1.18. The number of benzene rings is 2. The number of carbonyl (C=O) groups excluding carboxylic acids is 1. The number of esters is 1. The largest absolute Gasteiger partial charge is 0.493 e. The minimum atomic E-state index is -0.495. The van der Waals surface area contributed by atoms with Gasteiger partial charge in [-0.15, -0.1) is 11.3 Å². The predicted molar refractivity (Wildman–Crippen MR) is 92.1 cm³/mol. The van der Waals surface area contributed by atoms with E-state index in [0.29, 0.717) is 22.3 Å². The van der Waals surface area contributed by atoms with E-state index in [2.05, 4.69) is 4.98 Å². The molecular weight excluding hydrogens is 326 g/mol. The molecule has 0 aliphatic heterocycles. The number of methoxy groups -OCH3 is 2. The Kier molecular flexibility index (Phi) is 4.77. The lowest BCUT2D eigenvalue weighted by Crippen LogP contribution is -2.08. The van der Waals surface area contributed by atoms with E-state index < -0.39 is 5.97 Å². The second kappa shape index (κ2) is 7.14. The number of para-hydroxylation sites is 2. The van der Waals surface area contributed by atoms with E-state index in [-0.39, 0.29) is 5.69 Å². The summed E-state index contributed by atoms with van der Waals surface area (Å²) in [6, 6.07) is 14.4.